The van der Waals surface area contributed by atoms with E-state index >= 15 is 0 Å². The van der Waals surface area contributed by atoms with Crippen LogP contribution in [0.15, 0.2) is 82.8 Å². The molecule has 2 heterocycles. The fourth-order valence-electron chi connectivity index (χ4n) is 3.47. The second-order valence-corrected chi connectivity index (χ2v) is 6.94. The number of aryl methyl sites for hydroxylation is 1. The number of aliphatic imine (C=N–C) groups is 1. The number of pyridine rings is 2. The molecule has 0 atom stereocenters. The van der Waals surface area contributed by atoms with Crippen molar-refractivity contribution >= 4 is 17.1 Å². The number of fused-ring (bicyclic) bond motifs is 1. The second kappa shape index (κ2) is 8.10. The Morgan fingerprint density at radius 1 is 1.00 bits per heavy atom. The molecule has 2 aromatic carbocycles. The third-order valence-corrected chi connectivity index (χ3v) is 4.92. The SMILES string of the molecule is Cc1cccc2c(O)c(C=NCc3ccncc3)c(=O)n(Cc3ccccc3)c12. The quantitative estimate of drug-likeness (QED) is 0.528. The number of aromatic hydroxyl groups is 1. The predicted octanol–water partition coefficient (Wildman–Crippen LogP) is 4.08. The normalized spacial score (nSPS) is 11.3. The van der Waals surface area contributed by atoms with Crippen molar-refractivity contribution in [1.82, 2.24) is 9.55 Å². The maximum Gasteiger partial charge on any atom is 0.263 e. The molecule has 29 heavy (non-hydrogen) atoms. The Kier molecular flexibility index (Phi) is 5.20. The van der Waals surface area contributed by atoms with E-state index in [-0.39, 0.29) is 16.9 Å². The van der Waals surface area contributed by atoms with Crippen molar-refractivity contribution in [3.05, 3.63) is 106 Å². The molecule has 0 radical (unpaired) electrons. The zero-order chi connectivity index (χ0) is 20.2. The Morgan fingerprint density at radius 2 is 1.76 bits per heavy atom. The summed E-state index contributed by atoms with van der Waals surface area (Å²) in [6.07, 6.45) is 4.88. The Morgan fingerprint density at radius 3 is 2.52 bits per heavy atom. The highest BCUT2D eigenvalue weighted by molar-refractivity contribution is 5.96. The first-order valence-corrected chi connectivity index (χ1v) is 9.43. The number of benzene rings is 2. The summed E-state index contributed by atoms with van der Waals surface area (Å²) in [5, 5.41) is 11.5. The average Bonchev–Trinajstić information content (AvgIpc) is 2.75. The third kappa shape index (κ3) is 3.80. The van der Waals surface area contributed by atoms with Gasteiger partial charge in [-0.2, -0.15) is 0 Å². The molecular weight excluding hydrogens is 362 g/mol. The molecule has 4 rings (SSSR count). The fraction of sp³-hybridized carbons (Fsp3) is 0.125. The molecule has 0 aliphatic heterocycles. The van der Waals surface area contributed by atoms with Crippen LogP contribution in [0.25, 0.3) is 10.9 Å². The molecule has 0 saturated heterocycles. The summed E-state index contributed by atoms with van der Waals surface area (Å²) in [6.45, 7) is 2.78. The minimum atomic E-state index is -0.258. The van der Waals surface area contributed by atoms with Crippen molar-refractivity contribution in [2.45, 2.75) is 20.0 Å². The molecule has 0 bridgehead atoms. The van der Waals surface area contributed by atoms with Gasteiger partial charge in [-0.1, -0.05) is 42.5 Å². The van der Waals surface area contributed by atoms with Gasteiger partial charge in [0.15, 0.2) is 0 Å². The third-order valence-electron chi connectivity index (χ3n) is 4.92. The van der Waals surface area contributed by atoms with Crippen LogP contribution in [-0.4, -0.2) is 20.9 Å². The van der Waals surface area contributed by atoms with Gasteiger partial charge in [0, 0.05) is 24.0 Å². The molecule has 0 fully saturated rings. The van der Waals surface area contributed by atoms with Gasteiger partial charge >= 0.3 is 0 Å². The second-order valence-electron chi connectivity index (χ2n) is 6.94. The highest BCUT2D eigenvalue weighted by atomic mass is 16.3. The summed E-state index contributed by atoms with van der Waals surface area (Å²) < 4.78 is 1.72. The largest absolute Gasteiger partial charge is 0.506 e. The van der Waals surface area contributed by atoms with Gasteiger partial charge in [-0.25, -0.2) is 0 Å². The zero-order valence-electron chi connectivity index (χ0n) is 16.1. The molecule has 2 aromatic heterocycles. The van der Waals surface area contributed by atoms with E-state index < -0.39 is 0 Å². The van der Waals surface area contributed by atoms with Crippen molar-refractivity contribution in [3.63, 3.8) is 0 Å². The molecule has 1 N–H and O–H groups in total. The highest BCUT2D eigenvalue weighted by Crippen LogP contribution is 2.28. The first kappa shape index (κ1) is 18.6. The van der Waals surface area contributed by atoms with E-state index in [1.54, 1.807) is 17.0 Å². The maximum atomic E-state index is 13.3. The Hall–Kier alpha value is -3.73. The molecular formula is C24H21N3O2. The van der Waals surface area contributed by atoms with E-state index in [4.69, 9.17) is 0 Å². The molecule has 0 aliphatic carbocycles. The monoisotopic (exact) mass is 383 g/mol. The minimum absolute atomic E-state index is 0.0310. The van der Waals surface area contributed by atoms with Gasteiger partial charge in [0.25, 0.3) is 5.56 Å². The van der Waals surface area contributed by atoms with E-state index in [1.807, 2.05) is 67.6 Å². The van der Waals surface area contributed by atoms with Crippen LogP contribution in [0.4, 0.5) is 0 Å². The summed E-state index contributed by atoms with van der Waals surface area (Å²) in [5.74, 6) is -0.0310. The average molecular weight is 383 g/mol. The van der Waals surface area contributed by atoms with Crippen LogP contribution in [0.3, 0.4) is 0 Å². The first-order valence-electron chi connectivity index (χ1n) is 9.43. The highest BCUT2D eigenvalue weighted by Gasteiger charge is 2.16. The molecule has 5 nitrogen and oxygen atoms in total. The lowest BCUT2D eigenvalue weighted by Gasteiger charge is -2.15. The van der Waals surface area contributed by atoms with Crippen molar-refractivity contribution in [3.8, 4) is 5.75 Å². The van der Waals surface area contributed by atoms with Gasteiger partial charge in [0.2, 0.25) is 0 Å². The Bertz CT molecular complexity index is 1230. The summed E-state index contributed by atoms with van der Waals surface area (Å²) >= 11 is 0. The van der Waals surface area contributed by atoms with Crippen LogP contribution < -0.4 is 5.56 Å². The topological polar surface area (TPSA) is 67.5 Å². The first-order chi connectivity index (χ1) is 14.1. The van der Waals surface area contributed by atoms with E-state index in [0.29, 0.717) is 18.5 Å². The van der Waals surface area contributed by atoms with Crippen LogP contribution in [0, 0.1) is 6.92 Å². The summed E-state index contributed by atoms with van der Waals surface area (Å²) in [4.78, 5) is 21.7. The number of hydrogen-bond acceptors (Lipinski definition) is 4. The molecule has 0 aliphatic rings. The van der Waals surface area contributed by atoms with Gasteiger partial charge in [-0.15, -0.1) is 0 Å². The Balaban J connectivity index is 1.83. The van der Waals surface area contributed by atoms with E-state index in [0.717, 1.165) is 22.2 Å². The van der Waals surface area contributed by atoms with Gasteiger partial charge < -0.3 is 9.67 Å². The lowest BCUT2D eigenvalue weighted by Crippen LogP contribution is -2.25. The van der Waals surface area contributed by atoms with Crippen molar-refractivity contribution in [1.29, 1.82) is 0 Å². The summed E-state index contributed by atoms with van der Waals surface area (Å²) in [5.41, 5.74) is 3.62. The smallest absolute Gasteiger partial charge is 0.263 e. The number of para-hydroxylation sites is 1. The van der Waals surface area contributed by atoms with Crippen molar-refractivity contribution in [2.75, 3.05) is 0 Å². The predicted molar refractivity (Wildman–Crippen MR) is 116 cm³/mol. The van der Waals surface area contributed by atoms with Crippen LogP contribution in [-0.2, 0) is 13.1 Å². The molecule has 0 unspecified atom stereocenters. The maximum absolute atomic E-state index is 13.3. The minimum Gasteiger partial charge on any atom is -0.506 e. The van der Waals surface area contributed by atoms with Gasteiger partial charge in [-0.05, 0) is 41.8 Å². The fourth-order valence-corrected chi connectivity index (χ4v) is 3.47. The van der Waals surface area contributed by atoms with Crippen LogP contribution >= 0.6 is 0 Å². The van der Waals surface area contributed by atoms with Gasteiger partial charge in [0.05, 0.1) is 18.6 Å². The molecule has 0 amide bonds. The molecule has 0 saturated carbocycles. The van der Waals surface area contributed by atoms with Crippen LogP contribution in [0.5, 0.6) is 5.75 Å². The van der Waals surface area contributed by atoms with Crippen molar-refractivity contribution in [2.24, 2.45) is 4.99 Å². The molecule has 5 heteroatoms. The number of rotatable bonds is 5. The van der Waals surface area contributed by atoms with Gasteiger partial charge in [-0.3, -0.25) is 14.8 Å². The van der Waals surface area contributed by atoms with Gasteiger partial charge in [0.1, 0.15) is 11.3 Å². The molecule has 4 aromatic rings. The summed E-state index contributed by atoms with van der Waals surface area (Å²) in [6, 6.07) is 19.2. The Labute approximate surface area is 168 Å². The zero-order valence-corrected chi connectivity index (χ0v) is 16.1. The number of hydrogen-bond donors (Lipinski definition) is 1. The lowest BCUT2D eigenvalue weighted by molar-refractivity contribution is 0.478. The van der Waals surface area contributed by atoms with E-state index in [2.05, 4.69) is 9.98 Å². The van der Waals surface area contributed by atoms with Crippen LogP contribution in [0.1, 0.15) is 22.3 Å². The number of nitrogens with zero attached hydrogens (tertiary/aromatic N) is 3. The van der Waals surface area contributed by atoms with Crippen LogP contribution in [0.2, 0.25) is 0 Å². The lowest BCUT2D eigenvalue weighted by atomic mass is 10.1. The standard InChI is InChI=1S/C24H21N3O2/c1-17-6-5-9-20-22(17)27(16-19-7-3-2-4-8-19)24(29)21(23(20)28)15-26-14-18-10-12-25-13-11-18/h2-13,15,28H,14,16H2,1H3. The van der Waals surface area contributed by atoms with Crippen molar-refractivity contribution < 1.29 is 5.11 Å². The number of aromatic nitrogens is 2. The van der Waals surface area contributed by atoms with E-state index in [9.17, 15) is 9.90 Å². The summed E-state index contributed by atoms with van der Waals surface area (Å²) in [7, 11) is 0. The van der Waals surface area contributed by atoms with E-state index in [1.165, 1.54) is 6.21 Å². The molecule has 144 valence electrons. The molecule has 0 spiro atoms.